The number of rotatable bonds is 7. The second-order valence-corrected chi connectivity index (χ2v) is 7.76. The van der Waals surface area contributed by atoms with E-state index < -0.39 is 0 Å². The van der Waals surface area contributed by atoms with Gasteiger partial charge in [-0.1, -0.05) is 62.0 Å². The van der Waals surface area contributed by atoms with Gasteiger partial charge >= 0.3 is 0 Å². The van der Waals surface area contributed by atoms with Gasteiger partial charge < -0.3 is 4.57 Å². The molecule has 0 aliphatic carbocycles. The highest BCUT2D eigenvalue weighted by Crippen LogP contribution is 2.36. The van der Waals surface area contributed by atoms with Crippen molar-refractivity contribution >= 4 is 29.1 Å². The van der Waals surface area contributed by atoms with Crippen molar-refractivity contribution in [1.82, 2.24) is 9.55 Å². The van der Waals surface area contributed by atoms with Gasteiger partial charge in [-0.05, 0) is 17.5 Å². The number of hydrogen-bond acceptors (Lipinski definition) is 4. The SMILES string of the molecule is CC(C)c1nc(CCl)n(Cc2ccccc2)c1Sc1cccc([N+](=O)[O-])c1. The topological polar surface area (TPSA) is 61.0 Å². The normalized spacial score (nSPS) is 11.1. The first-order chi connectivity index (χ1) is 13.0. The number of hydrogen-bond donors (Lipinski definition) is 0. The van der Waals surface area contributed by atoms with Crippen LogP contribution in [0.4, 0.5) is 5.69 Å². The molecular formula is C20H20ClN3O2S. The van der Waals surface area contributed by atoms with E-state index in [1.54, 1.807) is 12.1 Å². The fourth-order valence-electron chi connectivity index (χ4n) is 2.79. The Morgan fingerprint density at radius 1 is 1.19 bits per heavy atom. The smallest absolute Gasteiger partial charge is 0.270 e. The van der Waals surface area contributed by atoms with Crippen LogP contribution in [0.25, 0.3) is 0 Å². The van der Waals surface area contributed by atoms with Crippen LogP contribution in [0.5, 0.6) is 0 Å². The van der Waals surface area contributed by atoms with Crippen molar-refractivity contribution < 1.29 is 4.92 Å². The molecule has 0 atom stereocenters. The minimum atomic E-state index is -0.376. The van der Waals surface area contributed by atoms with Crippen LogP contribution in [0.15, 0.2) is 64.5 Å². The van der Waals surface area contributed by atoms with Crippen molar-refractivity contribution in [3.8, 4) is 0 Å². The van der Waals surface area contributed by atoms with Crippen LogP contribution in [0.3, 0.4) is 0 Å². The lowest BCUT2D eigenvalue weighted by Crippen LogP contribution is -2.05. The van der Waals surface area contributed by atoms with Gasteiger partial charge in [-0.25, -0.2) is 4.98 Å². The second-order valence-electron chi connectivity index (χ2n) is 6.44. The fourth-order valence-corrected chi connectivity index (χ4v) is 4.21. The third-order valence-electron chi connectivity index (χ3n) is 4.12. The molecule has 5 nitrogen and oxygen atoms in total. The summed E-state index contributed by atoms with van der Waals surface area (Å²) in [5, 5.41) is 12.1. The zero-order valence-corrected chi connectivity index (χ0v) is 16.7. The summed E-state index contributed by atoms with van der Waals surface area (Å²) < 4.78 is 2.11. The molecule has 0 fully saturated rings. The Bertz CT molecular complexity index is 942. The van der Waals surface area contributed by atoms with Gasteiger partial charge in [-0.2, -0.15) is 0 Å². The Labute approximate surface area is 167 Å². The summed E-state index contributed by atoms with van der Waals surface area (Å²) in [5.74, 6) is 1.32. The lowest BCUT2D eigenvalue weighted by molar-refractivity contribution is -0.385. The molecule has 0 amide bonds. The molecule has 140 valence electrons. The fraction of sp³-hybridized carbons (Fsp3) is 0.250. The highest BCUT2D eigenvalue weighted by molar-refractivity contribution is 7.99. The zero-order valence-electron chi connectivity index (χ0n) is 15.1. The summed E-state index contributed by atoms with van der Waals surface area (Å²) in [6.45, 7) is 4.83. The molecule has 0 bridgehead atoms. The third kappa shape index (κ3) is 4.51. The maximum atomic E-state index is 11.1. The van der Waals surface area contributed by atoms with E-state index in [0.29, 0.717) is 12.4 Å². The van der Waals surface area contributed by atoms with Gasteiger partial charge in [0.2, 0.25) is 0 Å². The molecule has 3 rings (SSSR count). The molecule has 0 aliphatic rings. The first-order valence-electron chi connectivity index (χ1n) is 8.61. The molecule has 0 spiro atoms. The second kappa shape index (κ2) is 8.59. The third-order valence-corrected chi connectivity index (χ3v) is 5.47. The molecule has 27 heavy (non-hydrogen) atoms. The number of halogens is 1. The lowest BCUT2D eigenvalue weighted by Gasteiger charge is -2.13. The highest BCUT2D eigenvalue weighted by atomic mass is 35.5. The molecule has 1 aromatic heterocycles. The van der Waals surface area contributed by atoms with Crippen LogP contribution in [0, 0.1) is 10.1 Å². The molecule has 0 saturated carbocycles. The van der Waals surface area contributed by atoms with Gasteiger partial charge in [-0.3, -0.25) is 10.1 Å². The molecule has 2 aromatic carbocycles. The van der Waals surface area contributed by atoms with Gasteiger partial charge in [0.25, 0.3) is 5.69 Å². The monoisotopic (exact) mass is 401 g/mol. The van der Waals surface area contributed by atoms with Crippen LogP contribution >= 0.6 is 23.4 Å². The number of non-ortho nitro benzene ring substituents is 1. The van der Waals surface area contributed by atoms with E-state index in [1.165, 1.54) is 17.8 Å². The summed E-state index contributed by atoms with van der Waals surface area (Å²) in [6.07, 6.45) is 0. The van der Waals surface area contributed by atoms with E-state index in [1.807, 2.05) is 24.3 Å². The highest BCUT2D eigenvalue weighted by Gasteiger charge is 2.21. The number of nitrogens with zero attached hydrogens (tertiary/aromatic N) is 3. The van der Waals surface area contributed by atoms with Gasteiger partial charge in [-0.15, -0.1) is 11.6 Å². The van der Waals surface area contributed by atoms with Crippen molar-refractivity contribution in [2.75, 3.05) is 0 Å². The first-order valence-corrected chi connectivity index (χ1v) is 9.96. The van der Waals surface area contributed by atoms with Crippen molar-refractivity contribution in [2.24, 2.45) is 0 Å². The van der Waals surface area contributed by atoms with Gasteiger partial charge in [0, 0.05) is 23.6 Å². The lowest BCUT2D eigenvalue weighted by atomic mass is 10.1. The van der Waals surface area contributed by atoms with Gasteiger partial charge in [0.15, 0.2) is 0 Å². The van der Waals surface area contributed by atoms with Crippen molar-refractivity contribution in [3.63, 3.8) is 0 Å². The average molecular weight is 402 g/mol. The van der Waals surface area contributed by atoms with E-state index in [4.69, 9.17) is 16.6 Å². The molecule has 1 heterocycles. The van der Waals surface area contributed by atoms with Crippen molar-refractivity contribution in [1.29, 1.82) is 0 Å². The maximum Gasteiger partial charge on any atom is 0.270 e. The Morgan fingerprint density at radius 3 is 2.56 bits per heavy atom. The van der Waals surface area contributed by atoms with Gasteiger partial charge in [0.1, 0.15) is 10.9 Å². The molecule has 0 unspecified atom stereocenters. The standard InChI is InChI=1S/C20H20ClN3O2S/c1-14(2)19-20(27-17-10-6-9-16(11-17)24(25)26)23(18(12-21)22-19)13-15-7-4-3-5-8-15/h3-11,14H,12-13H2,1-2H3. The largest absolute Gasteiger partial charge is 0.317 e. The predicted octanol–water partition coefficient (Wildman–Crippen LogP) is 5.85. The molecule has 0 N–H and O–H groups in total. The Balaban J connectivity index is 2.05. The van der Waals surface area contributed by atoms with E-state index in [-0.39, 0.29) is 16.5 Å². The van der Waals surface area contributed by atoms with Crippen molar-refractivity contribution in [3.05, 3.63) is 81.8 Å². The maximum absolute atomic E-state index is 11.1. The van der Waals surface area contributed by atoms with Crippen LogP contribution < -0.4 is 0 Å². The quantitative estimate of drug-likeness (QED) is 0.283. The van der Waals surface area contributed by atoms with E-state index in [2.05, 4.69) is 30.5 Å². The van der Waals surface area contributed by atoms with Crippen LogP contribution in [-0.2, 0) is 12.4 Å². The number of nitro groups is 1. The molecule has 0 aliphatic heterocycles. The van der Waals surface area contributed by atoms with E-state index in [9.17, 15) is 10.1 Å². The number of imidazole rings is 1. The minimum absolute atomic E-state index is 0.0813. The van der Waals surface area contributed by atoms with Crippen molar-refractivity contribution in [2.45, 2.75) is 42.1 Å². The summed E-state index contributed by atoms with van der Waals surface area (Å²) in [5.41, 5.74) is 2.19. The molecule has 0 saturated heterocycles. The van der Waals surface area contributed by atoms with Crippen LogP contribution in [-0.4, -0.2) is 14.5 Å². The first kappa shape index (κ1) is 19.5. The summed E-state index contributed by atoms with van der Waals surface area (Å²) in [7, 11) is 0. The zero-order chi connectivity index (χ0) is 19.4. The predicted molar refractivity (Wildman–Crippen MR) is 109 cm³/mol. The number of nitro benzene ring substituents is 1. The van der Waals surface area contributed by atoms with E-state index in [0.717, 1.165) is 27.0 Å². The number of benzene rings is 2. The summed E-state index contributed by atoms with van der Waals surface area (Å²) >= 11 is 7.67. The summed E-state index contributed by atoms with van der Waals surface area (Å²) in [6, 6.07) is 16.8. The average Bonchev–Trinajstić information content (AvgIpc) is 3.00. The Hall–Kier alpha value is -2.31. The molecule has 0 radical (unpaired) electrons. The number of alkyl halides is 1. The minimum Gasteiger partial charge on any atom is -0.317 e. The Morgan fingerprint density at radius 2 is 1.93 bits per heavy atom. The summed E-state index contributed by atoms with van der Waals surface area (Å²) in [4.78, 5) is 16.3. The van der Waals surface area contributed by atoms with Gasteiger partial charge in [0.05, 0.1) is 16.5 Å². The molecule has 3 aromatic rings. The Kier molecular flexibility index (Phi) is 6.19. The van der Waals surface area contributed by atoms with Crippen LogP contribution in [0.2, 0.25) is 0 Å². The molecule has 7 heteroatoms. The molecular weight excluding hydrogens is 382 g/mol. The van der Waals surface area contributed by atoms with E-state index >= 15 is 0 Å². The van der Waals surface area contributed by atoms with Crippen LogP contribution in [0.1, 0.15) is 36.8 Å². The number of aromatic nitrogens is 2.